The van der Waals surface area contributed by atoms with Crippen molar-refractivity contribution in [3.63, 3.8) is 0 Å². The number of benzene rings is 1. The van der Waals surface area contributed by atoms with E-state index in [1.807, 2.05) is 30.3 Å². The van der Waals surface area contributed by atoms with Crippen molar-refractivity contribution in [3.8, 4) is 11.4 Å². The summed E-state index contributed by atoms with van der Waals surface area (Å²) in [5.41, 5.74) is 6.77. The van der Waals surface area contributed by atoms with Crippen LogP contribution in [0.5, 0.6) is 0 Å². The lowest BCUT2D eigenvalue weighted by Crippen LogP contribution is -2.43. The summed E-state index contributed by atoms with van der Waals surface area (Å²) in [6, 6.07) is 11.6. The summed E-state index contributed by atoms with van der Waals surface area (Å²) >= 11 is 0. The second-order valence-electron chi connectivity index (χ2n) is 5.71. The Kier molecular flexibility index (Phi) is 3.75. The van der Waals surface area contributed by atoms with E-state index in [0.29, 0.717) is 18.2 Å². The Balaban J connectivity index is 1.88. The van der Waals surface area contributed by atoms with Crippen molar-refractivity contribution in [2.75, 3.05) is 24.3 Å². The molecule has 1 saturated heterocycles. The van der Waals surface area contributed by atoms with Crippen molar-refractivity contribution in [3.05, 3.63) is 36.4 Å². The van der Waals surface area contributed by atoms with Crippen LogP contribution < -0.4 is 11.1 Å². The average molecular weight is 284 g/mol. The molecular formula is C16H20N4O. The zero-order valence-corrected chi connectivity index (χ0v) is 12.2. The summed E-state index contributed by atoms with van der Waals surface area (Å²) in [6.07, 6.45) is 2.10. The van der Waals surface area contributed by atoms with E-state index < -0.39 is 0 Å². The highest BCUT2D eigenvalue weighted by molar-refractivity contribution is 5.60. The third-order valence-electron chi connectivity index (χ3n) is 3.65. The van der Waals surface area contributed by atoms with Crippen LogP contribution in [0.3, 0.4) is 0 Å². The van der Waals surface area contributed by atoms with Crippen molar-refractivity contribution >= 4 is 11.6 Å². The van der Waals surface area contributed by atoms with Crippen molar-refractivity contribution < 1.29 is 4.74 Å². The normalized spacial score (nSPS) is 22.0. The summed E-state index contributed by atoms with van der Waals surface area (Å²) in [6.45, 7) is 3.66. The van der Waals surface area contributed by atoms with Gasteiger partial charge in [0.2, 0.25) is 0 Å². The second kappa shape index (κ2) is 5.69. The van der Waals surface area contributed by atoms with E-state index >= 15 is 0 Å². The average Bonchev–Trinajstić information content (AvgIpc) is 2.48. The van der Waals surface area contributed by atoms with Gasteiger partial charge in [0.1, 0.15) is 11.6 Å². The fourth-order valence-electron chi connectivity index (χ4n) is 2.59. The molecule has 110 valence electrons. The number of nitrogen functional groups attached to an aromatic ring is 1. The summed E-state index contributed by atoms with van der Waals surface area (Å²) in [7, 11) is 0. The van der Waals surface area contributed by atoms with Crippen LogP contribution in [0, 0.1) is 0 Å². The number of hydrogen-bond acceptors (Lipinski definition) is 5. The van der Waals surface area contributed by atoms with Crippen LogP contribution in [0.25, 0.3) is 11.4 Å². The molecule has 1 aromatic heterocycles. The highest BCUT2D eigenvalue weighted by Gasteiger charge is 2.28. The molecular weight excluding hydrogens is 264 g/mol. The van der Waals surface area contributed by atoms with Crippen LogP contribution in [0.15, 0.2) is 36.4 Å². The zero-order chi connectivity index (χ0) is 14.7. The van der Waals surface area contributed by atoms with E-state index in [9.17, 15) is 0 Å². The Morgan fingerprint density at radius 2 is 2.05 bits per heavy atom. The molecule has 1 atom stereocenters. The molecule has 0 spiro atoms. The fourth-order valence-corrected chi connectivity index (χ4v) is 2.59. The minimum Gasteiger partial charge on any atom is -0.384 e. The predicted molar refractivity (Wildman–Crippen MR) is 84.0 cm³/mol. The molecule has 0 amide bonds. The Bertz CT molecular complexity index is 609. The molecule has 2 aromatic rings. The SMILES string of the molecule is CC1(Nc2cc(N)nc(-c3ccccc3)n2)CCCOC1. The smallest absolute Gasteiger partial charge is 0.163 e. The van der Waals surface area contributed by atoms with Crippen LogP contribution in [0.2, 0.25) is 0 Å². The molecule has 0 bridgehead atoms. The first-order chi connectivity index (χ1) is 10.1. The number of aromatic nitrogens is 2. The van der Waals surface area contributed by atoms with Crippen LogP contribution in [0.1, 0.15) is 19.8 Å². The Morgan fingerprint density at radius 3 is 2.76 bits per heavy atom. The number of rotatable bonds is 3. The van der Waals surface area contributed by atoms with Crippen LogP contribution in [-0.2, 0) is 4.74 Å². The highest BCUT2D eigenvalue weighted by Crippen LogP contribution is 2.25. The van der Waals surface area contributed by atoms with Gasteiger partial charge in [0.25, 0.3) is 0 Å². The van der Waals surface area contributed by atoms with Gasteiger partial charge in [-0.25, -0.2) is 9.97 Å². The summed E-state index contributed by atoms with van der Waals surface area (Å²) < 4.78 is 5.57. The number of nitrogens with two attached hydrogens (primary N) is 1. The lowest BCUT2D eigenvalue weighted by atomic mass is 9.95. The van der Waals surface area contributed by atoms with Crippen molar-refractivity contribution in [2.24, 2.45) is 0 Å². The molecule has 3 rings (SSSR count). The number of nitrogens with one attached hydrogen (secondary N) is 1. The topological polar surface area (TPSA) is 73.1 Å². The van der Waals surface area contributed by atoms with Crippen LogP contribution >= 0.6 is 0 Å². The van der Waals surface area contributed by atoms with Crippen LogP contribution in [-0.4, -0.2) is 28.7 Å². The minimum absolute atomic E-state index is 0.104. The lowest BCUT2D eigenvalue weighted by Gasteiger charge is -2.34. The largest absolute Gasteiger partial charge is 0.384 e. The number of hydrogen-bond donors (Lipinski definition) is 2. The van der Waals surface area contributed by atoms with E-state index in [2.05, 4.69) is 22.2 Å². The van der Waals surface area contributed by atoms with E-state index in [4.69, 9.17) is 10.5 Å². The van der Waals surface area contributed by atoms with E-state index in [1.165, 1.54) is 0 Å². The zero-order valence-electron chi connectivity index (χ0n) is 12.2. The molecule has 1 unspecified atom stereocenters. The molecule has 1 aliphatic rings. The van der Waals surface area contributed by atoms with Gasteiger partial charge < -0.3 is 15.8 Å². The monoisotopic (exact) mass is 284 g/mol. The van der Waals surface area contributed by atoms with E-state index in [1.54, 1.807) is 6.07 Å². The molecule has 21 heavy (non-hydrogen) atoms. The first kappa shape index (κ1) is 13.8. The number of nitrogens with zero attached hydrogens (tertiary/aromatic N) is 2. The predicted octanol–water partition coefficient (Wildman–Crippen LogP) is 2.71. The number of anilines is 2. The van der Waals surface area contributed by atoms with Crippen molar-refractivity contribution in [1.29, 1.82) is 0 Å². The Morgan fingerprint density at radius 1 is 1.24 bits per heavy atom. The maximum atomic E-state index is 5.92. The Hall–Kier alpha value is -2.14. The van der Waals surface area contributed by atoms with Crippen LogP contribution in [0.4, 0.5) is 11.6 Å². The van der Waals surface area contributed by atoms with E-state index in [0.717, 1.165) is 30.8 Å². The molecule has 0 radical (unpaired) electrons. The summed E-state index contributed by atoms with van der Waals surface area (Å²) in [5.74, 6) is 1.85. The molecule has 1 fully saturated rings. The van der Waals surface area contributed by atoms with Gasteiger partial charge in [-0.05, 0) is 19.8 Å². The molecule has 5 nitrogen and oxygen atoms in total. The molecule has 3 N–H and O–H groups in total. The molecule has 0 aliphatic carbocycles. The first-order valence-electron chi connectivity index (χ1n) is 7.21. The van der Waals surface area contributed by atoms with Gasteiger partial charge in [-0.3, -0.25) is 0 Å². The highest BCUT2D eigenvalue weighted by atomic mass is 16.5. The van der Waals surface area contributed by atoms with Gasteiger partial charge in [-0.2, -0.15) is 0 Å². The summed E-state index contributed by atoms with van der Waals surface area (Å²) in [4.78, 5) is 8.90. The van der Waals surface area contributed by atoms with Crippen molar-refractivity contribution in [1.82, 2.24) is 9.97 Å². The summed E-state index contributed by atoms with van der Waals surface area (Å²) in [5, 5.41) is 3.45. The minimum atomic E-state index is -0.104. The van der Waals surface area contributed by atoms with Gasteiger partial charge in [-0.15, -0.1) is 0 Å². The molecule has 2 heterocycles. The maximum absolute atomic E-state index is 5.92. The molecule has 5 heteroatoms. The second-order valence-corrected chi connectivity index (χ2v) is 5.71. The lowest BCUT2D eigenvalue weighted by molar-refractivity contribution is 0.0539. The molecule has 1 aliphatic heterocycles. The first-order valence-corrected chi connectivity index (χ1v) is 7.21. The number of ether oxygens (including phenoxy) is 1. The molecule has 0 saturated carbocycles. The van der Waals surface area contributed by atoms with Gasteiger partial charge in [0.05, 0.1) is 12.1 Å². The quantitative estimate of drug-likeness (QED) is 0.906. The van der Waals surface area contributed by atoms with E-state index in [-0.39, 0.29) is 5.54 Å². The maximum Gasteiger partial charge on any atom is 0.163 e. The molecule has 1 aromatic carbocycles. The Labute approximate surface area is 124 Å². The standard InChI is InChI=1S/C16H20N4O/c1-16(8-5-9-21-11-16)20-14-10-13(17)18-15(19-14)12-6-3-2-4-7-12/h2-4,6-7,10H,5,8-9,11H2,1H3,(H3,17,18,19,20). The van der Waals surface area contributed by atoms with Gasteiger partial charge in [-0.1, -0.05) is 30.3 Å². The van der Waals surface area contributed by atoms with Gasteiger partial charge >= 0.3 is 0 Å². The third kappa shape index (κ3) is 3.31. The van der Waals surface area contributed by atoms with Gasteiger partial charge in [0, 0.05) is 18.2 Å². The van der Waals surface area contributed by atoms with Gasteiger partial charge in [0.15, 0.2) is 5.82 Å². The van der Waals surface area contributed by atoms with Crippen molar-refractivity contribution in [2.45, 2.75) is 25.3 Å². The third-order valence-corrected chi connectivity index (χ3v) is 3.65. The fraction of sp³-hybridized carbons (Fsp3) is 0.375.